The first-order valence-electron chi connectivity index (χ1n) is 8.61. The zero-order valence-electron chi connectivity index (χ0n) is 13.5. The predicted molar refractivity (Wildman–Crippen MR) is 91.7 cm³/mol. The number of nitrogens with one attached hydrogen (secondary N) is 1. The Morgan fingerprint density at radius 2 is 2.08 bits per heavy atom. The first-order valence-corrected chi connectivity index (χ1v) is 9.36. The van der Waals surface area contributed by atoms with Gasteiger partial charge in [0, 0.05) is 31.2 Å². The molecule has 134 valence electrons. The van der Waals surface area contributed by atoms with Crippen molar-refractivity contribution in [3.05, 3.63) is 12.2 Å². The Balaban J connectivity index is 1.50. The Kier molecular flexibility index (Phi) is 5.40. The third kappa shape index (κ3) is 4.23. The molecule has 4 nitrogen and oxygen atoms in total. The number of hydrogen-bond donors (Lipinski definition) is 1. The lowest BCUT2D eigenvalue weighted by molar-refractivity contribution is -0.137. The summed E-state index contributed by atoms with van der Waals surface area (Å²) in [6, 6.07) is -0.265. The molecule has 1 aliphatic heterocycles. The second-order valence-electron chi connectivity index (χ2n) is 7.13. The highest BCUT2D eigenvalue weighted by Gasteiger charge is 2.52. The molecule has 2 fully saturated rings. The minimum absolute atomic E-state index is 0.00917. The minimum atomic E-state index is -1.02. The molecule has 1 saturated carbocycles. The Morgan fingerprint density at radius 3 is 2.71 bits per heavy atom. The molecule has 7 heteroatoms. The highest BCUT2D eigenvalue weighted by atomic mass is 35.5. The van der Waals surface area contributed by atoms with Crippen molar-refractivity contribution in [3.8, 4) is 0 Å². The van der Waals surface area contributed by atoms with Gasteiger partial charge in [-0.15, -0.1) is 23.2 Å². The molecular formula is C17H23Cl2FN2O2. The molecule has 3 rings (SSSR count). The maximum atomic E-state index is 13.8. The summed E-state index contributed by atoms with van der Waals surface area (Å²) in [6.45, 7) is 0.423. The van der Waals surface area contributed by atoms with Crippen LogP contribution in [0, 0.1) is 11.8 Å². The summed E-state index contributed by atoms with van der Waals surface area (Å²) in [5.41, 5.74) is 0. The van der Waals surface area contributed by atoms with Crippen molar-refractivity contribution in [2.45, 2.75) is 55.1 Å². The van der Waals surface area contributed by atoms with E-state index in [9.17, 15) is 14.0 Å². The van der Waals surface area contributed by atoms with E-state index in [4.69, 9.17) is 23.2 Å². The van der Waals surface area contributed by atoms with Crippen molar-refractivity contribution in [2.24, 2.45) is 11.8 Å². The summed E-state index contributed by atoms with van der Waals surface area (Å²) in [5, 5.41) is 2.81. The second-order valence-corrected chi connectivity index (χ2v) is 8.67. The normalized spacial score (nSPS) is 34.2. The number of amides is 2. The van der Waals surface area contributed by atoms with Gasteiger partial charge in [-0.25, -0.2) is 4.39 Å². The molecular weight excluding hydrogens is 354 g/mol. The van der Waals surface area contributed by atoms with Gasteiger partial charge in [-0.3, -0.25) is 9.59 Å². The van der Waals surface area contributed by atoms with E-state index in [0.717, 1.165) is 19.3 Å². The van der Waals surface area contributed by atoms with Crippen LogP contribution in [0.3, 0.4) is 0 Å². The van der Waals surface area contributed by atoms with Gasteiger partial charge in [0.05, 0.1) is 12.6 Å². The van der Waals surface area contributed by atoms with Crippen LogP contribution in [0.1, 0.15) is 38.5 Å². The van der Waals surface area contributed by atoms with Gasteiger partial charge < -0.3 is 10.2 Å². The van der Waals surface area contributed by atoms with Crippen LogP contribution in [-0.2, 0) is 9.59 Å². The molecule has 0 aromatic heterocycles. The predicted octanol–water partition coefficient (Wildman–Crippen LogP) is 2.98. The van der Waals surface area contributed by atoms with E-state index in [0.29, 0.717) is 6.42 Å². The first kappa shape index (κ1) is 18.0. The Morgan fingerprint density at radius 1 is 1.33 bits per heavy atom. The molecule has 24 heavy (non-hydrogen) atoms. The molecule has 0 aromatic carbocycles. The van der Waals surface area contributed by atoms with Gasteiger partial charge in [-0.05, 0) is 25.7 Å². The number of carbonyl (C=O) groups is 2. The quantitative estimate of drug-likeness (QED) is 0.592. The van der Waals surface area contributed by atoms with Gasteiger partial charge in [-0.2, -0.15) is 0 Å². The van der Waals surface area contributed by atoms with Crippen molar-refractivity contribution in [1.29, 1.82) is 0 Å². The highest BCUT2D eigenvalue weighted by molar-refractivity contribution is 6.51. The van der Waals surface area contributed by atoms with E-state index in [1.54, 1.807) is 4.90 Å². The lowest BCUT2D eigenvalue weighted by Gasteiger charge is -2.29. The largest absolute Gasteiger partial charge is 0.354 e. The lowest BCUT2D eigenvalue weighted by Crippen LogP contribution is -2.45. The maximum absolute atomic E-state index is 13.8. The zero-order chi connectivity index (χ0) is 17.3. The SMILES string of the molecule is O=C(CC1CC1(Cl)Cl)NC[C@@H]1C[C@H](F)CN1C(=O)C1CC=CCC1. The summed E-state index contributed by atoms with van der Waals surface area (Å²) in [7, 11) is 0. The topological polar surface area (TPSA) is 49.4 Å². The summed E-state index contributed by atoms with van der Waals surface area (Å²) >= 11 is 11.9. The molecule has 2 unspecified atom stereocenters. The molecule has 0 aromatic rings. The van der Waals surface area contributed by atoms with Crippen LogP contribution >= 0.6 is 23.2 Å². The number of allylic oxidation sites excluding steroid dienone is 2. The fourth-order valence-electron chi connectivity index (χ4n) is 3.59. The van der Waals surface area contributed by atoms with Gasteiger partial charge in [0.25, 0.3) is 0 Å². The van der Waals surface area contributed by atoms with E-state index in [2.05, 4.69) is 11.4 Å². The van der Waals surface area contributed by atoms with Gasteiger partial charge in [0.15, 0.2) is 0 Å². The third-order valence-corrected chi connectivity index (χ3v) is 6.11. The van der Waals surface area contributed by atoms with Crippen molar-refractivity contribution in [3.63, 3.8) is 0 Å². The van der Waals surface area contributed by atoms with Gasteiger partial charge in [0.2, 0.25) is 11.8 Å². The van der Waals surface area contributed by atoms with Crippen molar-refractivity contribution >= 4 is 35.0 Å². The summed E-state index contributed by atoms with van der Waals surface area (Å²) in [5.74, 6) is -0.192. The molecule has 0 radical (unpaired) electrons. The third-order valence-electron chi connectivity index (χ3n) is 5.19. The summed E-state index contributed by atoms with van der Waals surface area (Å²) in [4.78, 5) is 26.2. The number of nitrogens with zero attached hydrogens (tertiary/aromatic N) is 1. The zero-order valence-corrected chi connectivity index (χ0v) is 15.0. The van der Waals surface area contributed by atoms with Crippen LogP contribution in [-0.4, -0.2) is 46.4 Å². The van der Waals surface area contributed by atoms with E-state index in [1.807, 2.05) is 6.08 Å². The monoisotopic (exact) mass is 376 g/mol. The van der Waals surface area contributed by atoms with Crippen LogP contribution in [0.5, 0.6) is 0 Å². The van der Waals surface area contributed by atoms with Crippen LogP contribution in [0.4, 0.5) is 4.39 Å². The number of hydrogen-bond acceptors (Lipinski definition) is 2. The highest BCUT2D eigenvalue weighted by Crippen LogP contribution is 2.54. The number of alkyl halides is 3. The average Bonchev–Trinajstić information content (AvgIpc) is 2.97. The molecule has 3 aliphatic rings. The lowest BCUT2D eigenvalue weighted by atomic mass is 9.93. The van der Waals surface area contributed by atoms with Crippen molar-refractivity contribution in [2.75, 3.05) is 13.1 Å². The van der Waals surface area contributed by atoms with E-state index in [-0.39, 0.29) is 55.6 Å². The number of likely N-dealkylation sites (tertiary alicyclic amines) is 1. The average molecular weight is 377 g/mol. The number of carbonyl (C=O) groups excluding carboxylic acids is 2. The second kappa shape index (κ2) is 7.20. The fourth-order valence-corrected chi connectivity index (χ4v) is 4.12. The Hall–Kier alpha value is -0.810. The van der Waals surface area contributed by atoms with Crippen molar-refractivity contribution in [1.82, 2.24) is 10.2 Å². The van der Waals surface area contributed by atoms with E-state index < -0.39 is 10.5 Å². The van der Waals surface area contributed by atoms with Crippen LogP contribution < -0.4 is 5.32 Å². The van der Waals surface area contributed by atoms with Crippen molar-refractivity contribution < 1.29 is 14.0 Å². The molecule has 0 spiro atoms. The maximum Gasteiger partial charge on any atom is 0.226 e. The number of halogens is 3. The van der Waals surface area contributed by atoms with Crippen LogP contribution in [0.15, 0.2) is 12.2 Å². The van der Waals surface area contributed by atoms with E-state index >= 15 is 0 Å². The molecule has 1 saturated heterocycles. The summed E-state index contributed by atoms with van der Waals surface area (Å²) in [6.07, 6.45) is 6.70. The fraction of sp³-hybridized carbons (Fsp3) is 0.765. The molecule has 4 atom stereocenters. The number of rotatable bonds is 5. The first-order chi connectivity index (χ1) is 11.4. The summed E-state index contributed by atoms with van der Waals surface area (Å²) < 4.78 is 13.1. The van der Waals surface area contributed by atoms with Crippen LogP contribution in [0.2, 0.25) is 0 Å². The Labute approximate surface area is 151 Å². The smallest absolute Gasteiger partial charge is 0.226 e. The van der Waals surface area contributed by atoms with E-state index in [1.165, 1.54) is 0 Å². The standard InChI is InChI=1S/C17H23Cl2FN2O2/c18-17(19)8-12(17)6-15(23)21-9-14-7-13(20)10-22(14)16(24)11-4-2-1-3-5-11/h1-2,11-14H,3-10H2,(H,21,23)/t11?,12?,13-,14-/m0/s1. The molecule has 1 heterocycles. The minimum Gasteiger partial charge on any atom is -0.354 e. The molecule has 1 N–H and O–H groups in total. The Bertz CT molecular complexity index is 541. The van der Waals surface area contributed by atoms with Crippen LogP contribution in [0.25, 0.3) is 0 Å². The van der Waals surface area contributed by atoms with Gasteiger partial charge in [0.1, 0.15) is 10.5 Å². The van der Waals surface area contributed by atoms with Gasteiger partial charge in [-0.1, -0.05) is 12.2 Å². The molecule has 0 bridgehead atoms. The molecule has 2 aliphatic carbocycles. The van der Waals surface area contributed by atoms with Gasteiger partial charge >= 0.3 is 0 Å². The molecule has 2 amide bonds.